The van der Waals surface area contributed by atoms with Crippen molar-refractivity contribution in [3.8, 4) is 22.6 Å². The van der Waals surface area contributed by atoms with Crippen LogP contribution < -0.4 is 0 Å². The van der Waals surface area contributed by atoms with E-state index in [9.17, 15) is 0 Å². The molecule has 3 aromatic carbocycles. The van der Waals surface area contributed by atoms with Gasteiger partial charge in [0, 0.05) is 38.4 Å². The lowest BCUT2D eigenvalue weighted by molar-refractivity contribution is 0.596. The second kappa shape index (κ2) is 7.54. The molecule has 0 saturated carbocycles. The first-order valence-electron chi connectivity index (χ1n) is 11.7. The number of hydrogen-bond acceptors (Lipinski definition) is 3. The highest BCUT2D eigenvalue weighted by atomic mass is 32.1. The molecule has 168 valence electrons. The highest BCUT2D eigenvalue weighted by Gasteiger charge is 2.22. The Bertz CT molecular complexity index is 1710. The molecule has 3 heterocycles. The molecule has 34 heavy (non-hydrogen) atoms. The van der Waals surface area contributed by atoms with Crippen molar-refractivity contribution >= 4 is 43.2 Å². The van der Waals surface area contributed by atoms with Crippen molar-refractivity contribution in [3.05, 3.63) is 88.9 Å². The Balaban J connectivity index is 1.64. The summed E-state index contributed by atoms with van der Waals surface area (Å²) < 4.78 is 7.97. The maximum absolute atomic E-state index is 6.68. The molecule has 0 atom stereocenters. The molecule has 0 bridgehead atoms. The monoisotopic (exact) mass is 461 g/mol. The van der Waals surface area contributed by atoms with Gasteiger partial charge in [0.1, 0.15) is 11.5 Å². The van der Waals surface area contributed by atoms with Gasteiger partial charge >= 0.3 is 0 Å². The molecule has 0 spiro atoms. The molecule has 0 fully saturated rings. The number of hydrogen-bond donors (Lipinski definition) is 0. The fourth-order valence-corrected chi connectivity index (χ4v) is 6.08. The molecule has 0 unspecified atom stereocenters. The van der Waals surface area contributed by atoms with E-state index in [0.717, 1.165) is 39.1 Å². The van der Waals surface area contributed by atoms with Gasteiger partial charge in [0.25, 0.3) is 0 Å². The predicted octanol–water partition coefficient (Wildman–Crippen LogP) is 9.44. The van der Waals surface area contributed by atoms with Crippen molar-refractivity contribution in [2.45, 2.75) is 40.0 Å². The van der Waals surface area contributed by atoms with E-state index >= 15 is 0 Å². The number of furan rings is 1. The highest BCUT2D eigenvalue weighted by molar-refractivity contribution is 7.17. The average Bonchev–Trinajstić information content (AvgIpc) is 3.38. The van der Waals surface area contributed by atoms with Crippen LogP contribution >= 0.6 is 11.3 Å². The molecule has 0 aliphatic heterocycles. The Kier molecular flexibility index (Phi) is 4.69. The Morgan fingerprint density at radius 1 is 0.882 bits per heavy atom. The summed E-state index contributed by atoms with van der Waals surface area (Å²) in [6, 6.07) is 21.7. The molecule has 6 aromatic rings. The third-order valence-corrected chi connectivity index (χ3v) is 7.89. The van der Waals surface area contributed by atoms with Gasteiger partial charge in [0.15, 0.2) is 5.58 Å². The lowest BCUT2D eigenvalue weighted by Gasteiger charge is -2.22. The van der Waals surface area contributed by atoms with Gasteiger partial charge in [-0.2, -0.15) is 0 Å². The van der Waals surface area contributed by atoms with Gasteiger partial charge in [-0.1, -0.05) is 57.2 Å². The lowest BCUT2D eigenvalue weighted by atomic mass is 9.82. The number of thiophene rings is 1. The minimum atomic E-state index is 0.0138. The molecule has 0 radical (unpaired) electrons. The number of benzene rings is 3. The smallest absolute Gasteiger partial charge is 0.161 e. The number of rotatable bonds is 2. The fraction of sp³-hybridized carbons (Fsp3) is 0.194. The van der Waals surface area contributed by atoms with Crippen molar-refractivity contribution < 1.29 is 4.42 Å². The van der Waals surface area contributed by atoms with E-state index in [1.807, 2.05) is 6.20 Å². The third kappa shape index (κ3) is 3.19. The highest BCUT2D eigenvalue weighted by Crippen LogP contribution is 2.42. The van der Waals surface area contributed by atoms with Crippen LogP contribution in [-0.4, -0.2) is 4.98 Å². The molecule has 0 amide bonds. The summed E-state index contributed by atoms with van der Waals surface area (Å²) in [5.41, 5.74) is 7.80. The van der Waals surface area contributed by atoms with Crippen LogP contribution in [0.1, 0.15) is 37.5 Å². The van der Waals surface area contributed by atoms with E-state index in [0.29, 0.717) is 0 Å². The number of fused-ring (bicyclic) bond motifs is 3. The van der Waals surface area contributed by atoms with Crippen molar-refractivity contribution in [1.82, 2.24) is 4.98 Å². The first kappa shape index (κ1) is 21.1. The molecule has 0 aliphatic rings. The molecule has 0 aliphatic carbocycles. The molecule has 0 N–H and O–H groups in total. The topological polar surface area (TPSA) is 26.0 Å². The number of nitrogens with zero attached hydrogens (tertiary/aromatic N) is 1. The van der Waals surface area contributed by atoms with Crippen LogP contribution in [0, 0.1) is 13.8 Å². The van der Waals surface area contributed by atoms with Gasteiger partial charge in [-0.15, -0.1) is 11.3 Å². The molecule has 3 aromatic heterocycles. The zero-order chi connectivity index (χ0) is 23.6. The van der Waals surface area contributed by atoms with E-state index in [2.05, 4.69) is 101 Å². The van der Waals surface area contributed by atoms with E-state index in [4.69, 9.17) is 9.40 Å². The summed E-state index contributed by atoms with van der Waals surface area (Å²) in [5.74, 6) is 0.938. The van der Waals surface area contributed by atoms with Gasteiger partial charge < -0.3 is 4.42 Å². The van der Waals surface area contributed by atoms with Crippen molar-refractivity contribution in [2.24, 2.45) is 0 Å². The molecule has 3 heteroatoms. The summed E-state index contributed by atoms with van der Waals surface area (Å²) in [5, 5.41) is 7.15. The zero-order valence-corrected chi connectivity index (χ0v) is 21.0. The van der Waals surface area contributed by atoms with Crippen molar-refractivity contribution in [1.29, 1.82) is 0 Å². The molecule has 0 saturated heterocycles. The maximum Gasteiger partial charge on any atom is 0.161 e. The first-order chi connectivity index (χ1) is 16.3. The largest absolute Gasteiger partial charge is 0.453 e. The second-order valence-electron chi connectivity index (χ2n) is 10.2. The predicted molar refractivity (Wildman–Crippen MR) is 146 cm³/mol. The van der Waals surface area contributed by atoms with Crippen LogP contribution in [0.5, 0.6) is 0 Å². The number of aromatic nitrogens is 1. The summed E-state index contributed by atoms with van der Waals surface area (Å²) >= 11 is 1.79. The van der Waals surface area contributed by atoms with Crippen LogP contribution in [0.2, 0.25) is 0 Å². The first-order valence-corrected chi connectivity index (χ1v) is 12.6. The Hall–Kier alpha value is -3.43. The minimum absolute atomic E-state index is 0.0138. The Morgan fingerprint density at radius 3 is 2.53 bits per heavy atom. The van der Waals surface area contributed by atoms with Crippen molar-refractivity contribution in [2.75, 3.05) is 0 Å². The number of aryl methyl sites for hydroxylation is 2. The normalized spacial score (nSPS) is 12.3. The fourth-order valence-electron chi connectivity index (χ4n) is 5.11. The minimum Gasteiger partial charge on any atom is -0.453 e. The molecule has 6 rings (SSSR count). The van der Waals surface area contributed by atoms with Crippen LogP contribution in [0.15, 0.2) is 76.7 Å². The quantitative estimate of drug-likeness (QED) is 0.257. The van der Waals surface area contributed by atoms with Crippen LogP contribution in [-0.2, 0) is 5.41 Å². The van der Waals surface area contributed by atoms with Crippen molar-refractivity contribution in [3.63, 3.8) is 0 Å². The molecule has 2 nitrogen and oxygen atoms in total. The van der Waals surface area contributed by atoms with Crippen LogP contribution in [0.3, 0.4) is 0 Å². The van der Waals surface area contributed by atoms with Gasteiger partial charge in [-0.3, -0.25) is 4.98 Å². The lowest BCUT2D eigenvalue weighted by Crippen LogP contribution is -2.12. The van der Waals surface area contributed by atoms with Gasteiger partial charge in [-0.05, 0) is 70.8 Å². The van der Waals surface area contributed by atoms with Crippen LogP contribution in [0.4, 0.5) is 0 Å². The van der Waals surface area contributed by atoms with Gasteiger partial charge in [0.05, 0.1) is 0 Å². The summed E-state index contributed by atoms with van der Waals surface area (Å²) in [7, 11) is 0. The third-order valence-electron chi connectivity index (χ3n) is 6.82. The van der Waals surface area contributed by atoms with E-state index < -0.39 is 0 Å². The van der Waals surface area contributed by atoms with E-state index in [-0.39, 0.29) is 5.41 Å². The number of pyridine rings is 1. The maximum atomic E-state index is 6.68. The summed E-state index contributed by atoms with van der Waals surface area (Å²) in [6.45, 7) is 11.1. The average molecular weight is 462 g/mol. The summed E-state index contributed by atoms with van der Waals surface area (Å²) in [6.07, 6.45) is 1.91. The molecular weight excluding hydrogens is 434 g/mol. The van der Waals surface area contributed by atoms with Gasteiger partial charge in [-0.25, -0.2) is 0 Å². The second-order valence-corrected chi connectivity index (χ2v) is 11.1. The Morgan fingerprint density at radius 2 is 1.71 bits per heavy atom. The van der Waals surface area contributed by atoms with Gasteiger partial charge in [0.2, 0.25) is 0 Å². The SMILES string of the molecule is Cc1c(-c2cccc3scc(C)c23)oc2c(-c3cc(C(C)(C)C)c4ccccc4c3)nccc12. The standard InChI is InChI=1S/C31H27NOS/c1-18-17-34-26-12-8-11-24(27(18)26)29-19(2)22-13-14-32-28(30(22)33-29)21-15-20-9-6-7-10-23(20)25(16-21)31(3,4)5/h6-17H,1-5H3. The summed E-state index contributed by atoms with van der Waals surface area (Å²) in [4.78, 5) is 4.83. The van der Waals surface area contributed by atoms with E-state index in [1.165, 1.54) is 32.0 Å². The van der Waals surface area contributed by atoms with E-state index in [1.54, 1.807) is 11.3 Å². The molecular formula is C31H27NOS. The van der Waals surface area contributed by atoms with Crippen LogP contribution in [0.25, 0.3) is 54.4 Å². The zero-order valence-electron chi connectivity index (χ0n) is 20.2. The Labute approximate surface area is 203 Å².